The zero-order chi connectivity index (χ0) is 21.9. The Bertz CT molecular complexity index is 961. The molecular formula is C29H37NO2. The summed E-state index contributed by atoms with van der Waals surface area (Å²) in [4.78, 5) is 16.7. The van der Waals surface area contributed by atoms with Gasteiger partial charge in [0.2, 0.25) is 0 Å². The summed E-state index contributed by atoms with van der Waals surface area (Å²) in [5.74, 6) is 2.93. The molecule has 32 heavy (non-hydrogen) atoms. The van der Waals surface area contributed by atoms with E-state index in [9.17, 15) is 4.79 Å². The van der Waals surface area contributed by atoms with Crippen molar-refractivity contribution in [2.24, 2.45) is 34.5 Å². The van der Waals surface area contributed by atoms with Crippen molar-refractivity contribution in [3.05, 3.63) is 47.8 Å². The minimum absolute atomic E-state index is 0.0452. The molecule has 0 saturated heterocycles. The fraction of sp³-hybridized carbons (Fsp3) is 0.655. The molecule has 1 aromatic heterocycles. The first-order chi connectivity index (χ1) is 15.5. The van der Waals surface area contributed by atoms with E-state index in [4.69, 9.17) is 4.74 Å². The predicted molar refractivity (Wildman–Crippen MR) is 127 cm³/mol. The van der Waals surface area contributed by atoms with Crippen molar-refractivity contribution < 1.29 is 9.53 Å². The predicted octanol–water partition coefficient (Wildman–Crippen LogP) is 6.75. The Morgan fingerprint density at radius 3 is 2.69 bits per heavy atom. The van der Waals surface area contributed by atoms with E-state index in [-0.39, 0.29) is 17.5 Å². The summed E-state index contributed by atoms with van der Waals surface area (Å²) in [7, 11) is 0. The van der Waals surface area contributed by atoms with Crippen LogP contribution in [0.3, 0.4) is 0 Å². The van der Waals surface area contributed by atoms with E-state index < -0.39 is 0 Å². The van der Waals surface area contributed by atoms with Crippen molar-refractivity contribution in [3.63, 3.8) is 0 Å². The Morgan fingerprint density at radius 1 is 1.06 bits per heavy atom. The van der Waals surface area contributed by atoms with Gasteiger partial charge in [-0.3, -0.25) is 9.78 Å². The van der Waals surface area contributed by atoms with Gasteiger partial charge in [-0.25, -0.2) is 0 Å². The minimum Gasteiger partial charge on any atom is -0.462 e. The second-order valence-corrected chi connectivity index (χ2v) is 11.8. The molecule has 3 nitrogen and oxygen atoms in total. The molecule has 3 heteroatoms. The molecule has 0 spiro atoms. The first-order valence-corrected chi connectivity index (χ1v) is 13.0. The van der Waals surface area contributed by atoms with Crippen molar-refractivity contribution >= 4 is 11.5 Å². The van der Waals surface area contributed by atoms with Crippen molar-refractivity contribution in [2.45, 2.75) is 84.2 Å². The second kappa shape index (κ2) is 7.57. The highest BCUT2D eigenvalue weighted by Crippen LogP contribution is 2.66. The molecule has 0 aromatic carbocycles. The van der Waals surface area contributed by atoms with Gasteiger partial charge in [-0.05, 0) is 103 Å². The van der Waals surface area contributed by atoms with E-state index in [0.717, 1.165) is 30.6 Å². The number of esters is 1. The summed E-state index contributed by atoms with van der Waals surface area (Å²) < 4.78 is 5.93. The van der Waals surface area contributed by atoms with Gasteiger partial charge in [0, 0.05) is 25.2 Å². The smallest absolute Gasteiger partial charge is 0.306 e. The highest BCUT2D eigenvalue weighted by molar-refractivity contribution is 5.72. The normalized spacial score (nSPS) is 40.4. The molecule has 0 N–H and O–H groups in total. The van der Waals surface area contributed by atoms with Crippen LogP contribution >= 0.6 is 0 Å². The van der Waals surface area contributed by atoms with Crippen LogP contribution in [0.15, 0.2) is 42.3 Å². The molecule has 5 aliphatic rings. The Labute approximate surface area is 192 Å². The number of hydrogen-bond donors (Lipinski definition) is 0. The number of carbonyl (C=O) groups is 1. The monoisotopic (exact) mass is 431 g/mol. The second-order valence-electron chi connectivity index (χ2n) is 11.8. The molecule has 0 unspecified atom stereocenters. The van der Waals surface area contributed by atoms with Crippen LogP contribution in [0.25, 0.3) is 5.57 Å². The molecule has 0 aliphatic heterocycles. The Kier molecular flexibility index (Phi) is 4.89. The lowest BCUT2D eigenvalue weighted by Crippen LogP contribution is -2.50. The molecule has 6 rings (SSSR count). The van der Waals surface area contributed by atoms with E-state index in [1.165, 1.54) is 50.5 Å². The number of rotatable bonds is 4. The fourth-order valence-electron chi connectivity index (χ4n) is 8.06. The number of hydrogen-bond acceptors (Lipinski definition) is 3. The molecule has 0 amide bonds. The molecule has 3 fully saturated rings. The Morgan fingerprint density at radius 2 is 1.91 bits per heavy atom. The molecular weight excluding hydrogens is 394 g/mol. The van der Waals surface area contributed by atoms with Crippen LogP contribution < -0.4 is 0 Å². The van der Waals surface area contributed by atoms with Gasteiger partial charge in [-0.15, -0.1) is 0 Å². The maximum absolute atomic E-state index is 12.3. The van der Waals surface area contributed by atoms with Crippen LogP contribution in [-0.4, -0.2) is 17.1 Å². The number of fused-ring (bicyclic) bond motifs is 5. The van der Waals surface area contributed by atoms with E-state index in [1.807, 2.05) is 6.20 Å². The van der Waals surface area contributed by atoms with Gasteiger partial charge in [-0.2, -0.15) is 0 Å². The van der Waals surface area contributed by atoms with Crippen LogP contribution in [-0.2, 0) is 9.53 Å². The maximum Gasteiger partial charge on any atom is 0.306 e. The van der Waals surface area contributed by atoms with Crippen molar-refractivity contribution in [1.82, 2.24) is 4.98 Å². The summed E-state index contributed by atoms with van der Waals surface area (Å²) in [6.45, 7) is 5.06. The van der Waals surface area contributed by atoms with Gasteiger partial charge < -0.3 is 4.74 Å². The maximum atomic E-state index is 12.3. The number of ether oxygens (including phenoxy) is 1. The summed E-state index contributed by atoms with van der Waals surface area (Å²) in [5, 5.41) is 0. The van der Waals surface area contributed by atoms with Crippen molar-refractivity contribution in [2.75, 3.05) is 0 Å². The van der Waals surface area contributed by atoms with E-state index >= 15 is 0 Å². The Hall–Kier alpha value is -1.90. The van der Waals surface area contributed by atoms with Gasteiger partial charge in [0.25, 0.3) is 0 Å². The average Bonchev–Trinajstić information content (AvgIpc) is 3.52. The van der Waals surface area contributed by atoms with E-state index in [0.29, 0.717) is 17.8 Å². The first kappa shape index (κ1) is 20.7. The van der Waals surface area contributed by atoms with Gasteiger partial charge >= 0.3 is 5.97 Å². The number of carbonyl (C=O) groups excluding carboxylic acids is 1. The fourth-order valence-corrected chi connectivity index (χ4v) is 8.06. The van der Waals surface area contributed by atoms with E-state index in [2.05, 4.69) is 49.3 Å². The van der Waals surface area contributed by atoms with Crippen LogP contribution in [0.1, 0.15) is 83.6 Å². The quantitative estimate of drug-likeness (QED) is 0.391. The van der Waals surface area contributed by atoms with Gasteiger partial charge in [0.15, 0.2) is 0 Å². The lowest BCUT2D eigenvalue weighted by molar-refractivity contribution is -0.151. The lowest BCUT2D eigenvalue weighted by atomic mass is 9.47. The largest absolute Gasteiger partial charge is 0.462 e. The van der Waals surface area contributed by atoms with Crippen molar-refractivity contribution in [3.8, 4) is 0 Å². The highest BCUT2D eigenvalue weighted by Gasteiger charge is 2.57. The van der Waals surface area contributed by atoms with Crippen LogP contribution in [0.4, 0.5) is 0 Å². The zero-order valence-electron chi connectivity index (χ0n) is 19.7. The van der Waals surface area contributed by atoms with Crippen LogP contribution in [0.5, 0.6) is 0 Å². The molecule has 170 valence electrons. The van der Waals surface area contributed by atoms with Gasteiger partial charge in [-0.1, -0.05) is 37.6 Å². The number of nitrogens with zero attached hydrogens (tertiary/aromatic N) is 1. The lowest BCUT2D eigenvalue weighted by Gasteiger charge is -2.57. The summed E-state index contributed by atoms with van der Waals surface area (Å²) in [6.07, 6.45) is 20.4. The topological polar surface area (TPSA) is 39.2 Å². The zero-order valence-corrected chi connectivity index (χ0v) is 19.7. The van der Waals surface area contributed by atoms with Crippen LogP contribution in [0, 0.1) is 34.5 Å². The number of aromatic nitrogens is 1. The molecule has 1 aromatic rings. The molecule has 5 aliphatic carbocycles. The molecule has 0 bridgehead atoms. The molecule has 1 heterocycles. The average molecular weight is 432 g/mol. The summed E-state index contributed by atoms with van der Waals surface area (Å²) in [6, 6.07) is 4.32. The highest BCUT2D eigenvalue weighted by atomic mass is 16.5. The molecule has 3 saturated carbocycles. The standard InChI is InChI=1S/C29H37NO2/c1-28-13-11-22(32-27(31)16-19-5-6-19)17-21(28)7-8-23-25-10-9-24(20-4-3-15-30-18-20)29(25,2)14-12-26(23)28/h3-4,7,9,15,18-19,22-23,25-26H,5-6,8,10-14,16-17H2,1-2H3/t22-,23-,25-,26-,28-,29+/m0/s1. The number of pyridine rings is 1. The third-order valence-electron chi connectivity index (χ3n) is 10.1. The third kappa shape index (κ3) is 3.30. The third-order valence-corrected chi connectivity index (χ3v) is 10.1. The minimum atomic E-state index is 0.0452. The Balaban J connectivity index is 1.19. The van der Waals surface area contributed by atoms with E-state index in [1.54, 1.807) is 11.1 Å². The molecule has 6 atom stereocenters. The summed E-state index contributed by atoms with van der Waals surface area (Å²) >= 11 is 0. The van der Waals surface area contributed by atoms with Crippen molar-refractivity contribution in [1.29, 1.82) is 0 Å². The number of allylic oxidation sites excluding steroid dienone is 3. The SMILES string of the molecule is C[C@]12CC[C@H](OC(=O)CC3CC3)CC1=CC[C@@H]1[C@@H]2CC[C@]2(C)C(c3cccnc3)=CC[C@@H]12. The molecule has 0 radical (unpaired) electrons. The van der Waals surface area contributed by atoms with Crippen LogP contribution in [0.2, 0.25) is 0 Å². The first-order valence-electron chi connectivity index (χ1n) is 13.0. The summed E-state index contributed by atoms with van der Waals surface area (Å²) in [5.41, 5.74) is 5.03. The van der Waals surface area contributed by atoms with Gasteiger partial charge in [0.05, 0.1) is 0 Å². The van der Waals surface area contributed by atoms with Gasteiger partial charge in [0.1, 0.15) is 6.10 Å².